The first-order valence-electron chi connectivity index (χ1n) is 5.71. The Morgan fingerprint density at radius 1 is 0.941 bits per heavy atom. The molecule has 0 aromatic carbocycles. The normalized spacial score (nSPS) is 17.1. The number of alkyl halides is 2. The summed E-state index contributed by atoms with van der Waals surface area (Å²) in [6.07, 6.45) is 6.27. The molecule has 0 bridgehead atoms. The SMILES string of the molecule is ClCCOP(OCCCl)OC1CCCCC1.[Ni]. The fourth-order valence-corrected chi connectivity index (χ4v) is 3.11. The average Bonchev–Trinajstić information content (AvgIpc) is 2.34. The van der Waals surface area contributed by atoms with Crippen molar-refractivity contribution in [2.75, 3.05) is 25.0 Å². The molecule has 0 unspecified atom stereocenters. The maximum absolute atomic E-state index is 5.80. The third-order valence-corrected chi connectivity index (χ3v) is 3.90. The molecule has 3 nitrogen and oxygen atoms in total. The Hall–Kier alpha value is 1.38. The van der Waals surface area contributed by atoms with E-state index in [1.807, 2.05) is 0 Å². The van der Waals surface area contributed by atoms with Gasteiger partial charge < -0.3 is 13.6 Å². The van der Waals surface area contributed by atoms with Crippen LogP contribution < -0.4 is 0 Å². The van der Waals surface area contributed by atoms with Gasteiger partial charge >= 0.3 is 8.60 Å². The summed E-state index contributed by atoms with van der Waals surface area (Å²) in [6.45, 7) is 0.921. The maximum Gasteiger partial charge on any atom is 0.333 e. The minimum atomic E-state index is -1.26. The van der Waals surface area contributed by atoms with Crippen molar-refractivity contribution >= 4 is 31.8 Å². The van der Waals surface area contributed by atoms with E-state index in [9.17, 15) is 0 Å². The van der Waals surface area contributed by atoms with Crippen LogP contribution in [-0.2, 0) is 30.1 Å². The summed E-state index contributed by atoms with van der Waals surface area (Å²) in [5.41, 5.74) is 0. The van der Waals surface area contributed by atoms with Crippen molar-refractivity contribution in [3.8, 4) is 0 Å². The quantitative estimate of drug-likeness (QED) is 0.376. The van der Waals surface area contributed by atoms with Gasteiger partial charge in [0.15, 0.2) is 0 Å². The van der Waals surface area contributed by atoms with E-state index in [4.69, 9.17) is 36.8 Å². The Bertz CT molecular complexity index is 166. The Kier molecular flexibility index (Phi) is 13.4. The molecule has 0 radical (unpaired) electrons. The molecule has 0 amide bonds. The van der Waals surface area contributed by atoms with Gasteiger partial charge in [0.1, 0.15) is 0 Å². The first kappa shape index (κ1) is 18.4. The van der Waals surface area contributed by atoms with Gasteiger partial charge in [-0.25, -0.2) is 0 Å². The minimum absolute atomic E-state index is 0. The van der Waals surface area contributed by atoms with Crippen molar-refractivity contribution in [1.29, 1.82) is 0 Å². The summed E-state index contributed by atoms with van der Waals surface area (Å²) < 4.78 is 16.7. The Balaban J connectivity index is 0.00000256. The number of rotatable bonds is 8. The van der Waals surface area contributed by atoms with E-state index in [0.717, 1.165) is 12.8 Å². The van der Waals surface area contributed by atoms with E-state index in [-0.39, 0.29) is 22.6 Å². The van der Waals surface area contributed by atoms with Gasteiger partial charge in [0.05, 0.1) is 19.3 Å². The van der Waals surface area contributed by atoms with Crippen molar-refractivity contribution in [1.82, 2.24) is 0 Å². The van der Waals surface area contributed by atoms with Crippen molar-refractivity contribution in [2.24, 2.45) is 0 Å². The second kappa shape index (κ2) is 12.4. The molecule has 1 aliphatic carbocycles. The molecule has 0 heterocycles. The first-order chi connectivity index (χ1) is 7.86. The molecule has 1 fully saturated rings. The van der Waals surface area contributed by atoms with Crippen molar-refractivity contribution in [3.63, 3.8) is 0 Å². The predicted molar refractivity (Wildman–Crippen MR) is 68.2 cm³/mol. The zero-order valence-corrected chi connectivity index (χ0v) is 13.1. The standard InChI is InChI=1S/C10H19Cl2O3P.Ni/c11-6-8-13-16(14-9-7-12)15-10-4-2-1-3-5-10;/h10H,1-9H2;. The second-order valence-corrected chi connectivity index (χ2v) is 5.56. The van der Waals surface area contributed by atoms with Crippen LogP contribution in [0.25, 0.3) is 0 Å². The Labute approximate surface area is 125 Å². The van der Waals surface area contributed by atoms with Gasteiger partial charge in [-0.1, -0.05) is 19.3 Å². The van der Waals surface area contributed by atoms with Crippen LogP contribution in [0.5, 0.6) is 0 Å². The van der Waals surface area contributed by atoms with Crippen LogP contribution in [0, 0.1) is 0 Å². The monoisotopic (exact) mass is 346 g/mol. The first-order valence-corrected chi connectivity index (χ1v) is 7.88. The van der Waals surface area contributed by atoms with Crippen LogP contribution in [0.15, 0.2) is 0 Å². The van der Waals surface area contributed by atoms with E-state index in [1.165, 1.54) is 19.3 Å². The minimum Gasteiger partial charge on any atom is -0.311 e. The Morgan fingerprint density at radius 3 is 1.94 bits per heavy atom. The van der Waals surface area contributed by atoms with Crippen LogP contribution >= 0.6 is 31.8 Å². The topological polar surface area (TPSA) is 27.7 Å². The van der Waals surface area contributed by atoms with Crippen LogP contribution in [-0.4, -0.2) is 31.1 Å². The molecule has 0 saturated heterocycles. The van der Waals surface area contributed by atoms with Gasteiger partial charge in [-0.15, -0.1) is 23.2 Å². The van der Waals surface area contributed by atoms with E-state index < -0.39 is 8.60 Å². The molecule has 7 heteroatoms. The summed E-state index contributed by atoms with van der Waals surface area (Å²) in [6, 6.07) is 0. The summed E-state index contributed by atoms with van der Waals surface area (Å²) >= 11 is 11.1. The van der Waals surface area contributed by atoms with Gasteiger partial charge in [0, 0.05) is 28.3 Å². The molecule has 1 rings (SSSR count). The van der Waals surface area contributed by atoms with E-state index in [0.29, 0.717) is 25.0 Å². The zero-order chi connectivity index (χ0) is 11.6. The summed E-state index contributed by atoms with van der Waals surface area (Å²) in [5.74, 6) is 0.911. The molecule has 0 N–H and O–H groups in total. The van der Waals surface area contributed by atoms with E-state index in [1.54, 1.807) is 0 Å². The molecule has 0 aliphatic heterocycles. The third-order valence-electron chi connectivity index (χ3n) is 2.34. The fraction of sp³-hybridized carbons (Fsp3) is 1.00. The third kappa shape index (κ3) is 9.00. The zero-order valence-electron chi connectivity index (χ0n) is 9.69. The molecule has 106 valence electrons. The molecular weight excluding hydrogens is 329 g/mol. The molecule has 0 aromatic heterocycles. The molecule has 0 atom stereocenters. The van der Waals surface area contributed by atoms with Gasteiger partial charge in [-0.2, -0.15) is 0 Å². The number of hydrogen-bond acceptors (Lipinski definition) is 3. The molecule has 0 spiro atoms. The van der Waals surface area contributed by atoms with E-state index >= 15 is 0 Å². The van der Waals surface area contributed by atoms with Gasteiger partial charge in [0.25, 0.3) is 0 Å². The maximum atomic E-state index is 5.80. The average molecular weight is 348 g/mol. The molecule has 1 saturated carbocycles. The van der Waals surface area contributed by atoms with Crippen molar-refractivity contribution < 1.29 is 30.1 Å². The number of halogens is 2. The van der Waals surface area contributed by atoms with Crippen LogP contribution in [0.2, 0.25) is 0 Å². The summed E-state index contributed by atoms with van der Waals surface area (Å²) in [4.78, 5) is 0. The van der Waals surface area contributed by atoms with Crippen LogP contribution in [0.3, 0.4) is 0 Å². The fourth-order valence-electron chi connectivity index (χ4n) is 1.61. The molecular formula is C10H19Cl2NiO3P. The van der Waals surface area contributed by atoms with Crippen LogP contribution in [0.1, 0.15) is 32.1 Å². The van der Waals surface area contributed by atoms with Gasteiger partial charge in [0.2, 0.25) is 0 Å². The van der Waals surface area contributed by atoms with Gasteiger partial charge in [-0.3, -0.25) is 0 Å². The van der Waals surface area contributed by atoms with Crippen molar-refractivity contribution in [2.45, 2.75) is 38.2 Å². The van der Waals surface area contributed by atoms with Crippen molar-refractivity contribution in [3.05, 3.63) is 0 Å². The molecule has 1 aliphatic rings. The van der Waals surface area contributed by atoms with E-state index in [2.05, 4.69) is 0 Å². The number of hydrogen-bond donors (Lipinski definition) is 0. The van der Waals surface area contributed by atoms with Crippen LogP contribution in [0.4, 0.5) is 0 Å². The summed E-state index contributed by atoms with van der Waals surface area (Å²) in [5, 5.41) is 0. The smallest absolute Gasteiger partial charge is 0.311 e. The largest absolute Gasteiger partial charge is 0.333 e. The molecule has 0 aromatic rings. The molecule has 17 heavy (non-hydrogen) atoms. The Morgan fingerprint density at radius 2 is 1.47 bits per heavy atom. The second-order valence-electron chi connectivity index (χ2n) is 3.63. The van der Waals surface area contributed by atoms with Gasteiger partial charge in [-0.05, 0) is 12.8 Å². The summed E-state index contributed by atoms with van der Waals surface area (Å²) in [7, 11) is -1.26. The predicted octanol–water partition coefficient (Wildman–Crippen LogP) is 4.07.